The van der Waals surface area contributed by atoms with Crippen LogP contribution in [0.3, 0.4) is 0 Å². The van der Waals surface area contributed by atoms with Crippen molar-refractivity contribution in [1.29, 1.82) is 0 Å². The molecule has 0 aliphatic heterocycles. The van der Waals surface area contributed by atoms with Crippen LogP contribution >= 0.6 is 28.1 Å². The maximum absolute atomic E-state index is 12.3. The lowest BCUT2D eigenvalue weighted by atomic mass is 10.1. The number of nitrogens with zero attached hydrogens (tertiary/aromatic N) is 1. The van der Waals surface area contributed by atoms with E-state index in [-0.39, 0.29) is 17.6 Å². The highest BCUT2D eigenvalue weighted by Crippen LogP contribution is 2.30. The lowest BCUT2D eigenvalue weighted by Gasteiger charge is -2.13. The summed E-state index contributed by atoms with van der Waals surface area (Å²) in [7, 11) is 0. The van der Waals surface area contributed by atoms with Gasteiger partial charge >= 0.3 is 0 Å². The van der Waals surface area contributed by atoms with E-state index in [0.29, 0.717) is 18.1 Å². The average molecular weight is 552 g/mol. The van der Waals surface area contributed by atoms with E-state index < -0.39 is 0 Å². The largest absolute Gasteiger partial charge is 0.482 e. The van der Waals surface area contributed by atoms with Gasteiger partial charge in [-0.2, -0.15) is 0 Å². The lowest BCUT2D eigenvalue weighted by molar-refractivity contribution is -0.121. The standard InChI is InChI=1S/C27H26BrN3O3S/c1-15-9-17(3)25(21(28)11-15)33-14-23(32)31-27(35)29-20-7-5-19(6-8-20)13-24-30-22-12-16(2)10-18(4)26(22)34-24/h5-12H,13-14H2,1-4H3,(H2,29,31,32,35). The first kappa shape index (κ1) is 24.9. The Bertz CT molecular complexity index is 1390. The normalized spacial score (nSPS) is 10.9. The van der Waals surface area contributed by atoms with Gasteiger partial charge in [-0.15, -0.1) is 0 Å². The van der Waals surface area contributed by atoms with E-state index in [4.69, 9.17) is 21.4 Å². The molecule has 0 spiro atoms. The zero-order valence-corrected chi connectivity index (χ0v) is 22.4. The number of hydrogen-bond acceptors (Lipinski definition) is 5. The van der Waals surface area contributed by atoms with Gasteiger partial charge in [-0.3, -0.25) is 10.1 Å². The third-order valence-corrected chi connectivity index (χ3v) is 6.20. The average Bonchev–Trinajstić information content (AvgIpc) is 3.17. The molecular formula is C27H26BrN3O3S. The summed E-state index contributed by atoms with van der Waals surface area (Å²) in [4.78, 5) is 16.9. The number of anilines is 1. The maximum Gasteiger partial charge on any atom is 0.264 e. The van der Waals surface area contributed by atoms with E-state index in [1.54, 1.807) is 0 Å². The first-order valence-corrected chi connectivity index (χ1v) is 12.3. The molecule has 3 aromatic carbocycles. The van der Waals surface area contributed by atoms with Crippen molar-refractivity contribution in [1.82, 2.24) is 10.3 Å². The van der Waals surface area contributed by atoms with E-state index in [9.17, 15) is 4.79 Å². The smallest absolute Gasteiger partial charge is 0.264 e. The van der Waals surface area contributed by atoms with Crippen molar-refractivity contribution in [2.24, 2.45) is 0 Å². The van der Waals surface area contributed by atoms with Crippen LogP contribution in [0.4, 0.5) is 5.69 Å². The third kappa shape index (κ3) is 6.26. The van der Waals surface area contributed by atoms with Gasteiger partial charge < -0.3 is 14.5 Å². The van der Waals surface area contributed by atoms with Gasteiger partial charge in [-0.05, 0) is 108 Å². The minimum Gasteiger partial charge on any atom is -0.482 e. The van der Waals surface area contributed by atoms with Crippen molar-refractivity contribution in [3.8, 4) is 5.75 Å². The predicted octanol–water partition coefficient (Wildman–Crippen LogP) is 6.31. The number of amides is 1. The Morgan fingerprint density at radius 3 is 2.43 bits per heavy atom. The number of carbonyl (C=O) groups excluding carboxylic acids is 1. The third-order valence-electron chi connectivity index (χ3n) is 5.41. The quantitative estimate of drug-likeness (QED) is 0.273. The van der Waals surface area contributed by atoms with Crippen LogP contribution in [0.2, 0.25) is 0 Å². The van der Waals surface area contributed by atoms with Crippen LogP contribution < -0.4 is 15.4 Å². The molecule has 1 aromatic heterocycles. The first-order chi connectivity index (χ1) is 16.7. The number of oxazole rings is 1. The number of carbonyl (C=O) groups is 1. The fourth-order valence-corrected chi connectivity index (χ4v) is 4.95. The Kier molecular flexibility index (Phi) is 7.52. The molecule has 0 saturated carbocycles. The number of aryl methyl sites for hydroxylation is 4. The molecule has 0 unspecified atom stereocenters. The second-order valence-corrected chi connectivity index (χ2v) is 9.86. The van der Waals surface area contributed by atoms with Gasteiger partial charge in [0.25, 0.3) is 5.91 Å². The van der Waals surface area contributed by atoms with Crippen LogP contribution in [0.1, 0.15) is 33.7 Å². The molecule has 180 valence electrons. The Balaban J connectivity index is 1.30. The van der Waals surface area contributed by atoms with Crippen molar-refractivity contribution in [2.45, 2.75) is 34.1 Å². The molecule has 1 amide bonds. The summed E-state index contributed by atoms with van der Waals surface area (Å²) in [6, 6.07) is 15.8. The van der Waals surface area contributed by atoms with E-state index in [0.717, 1.165) is 49.1 Å². The number of benzene rings is 3. The molecule has 35 heavy (non-hydrogen) atoms. The summed E-state index contributed by atoms with van der Waals surface area (Å²) in [6.07, 6.45) is 0.583. The van der Waals surface area contributed by atoms with Crippen LogP contribution in [0.25, 0.3) is 11.1 Å². The zero-order valence-electron chi connectivity index (χ0n) is 20.0. The number of thiocarbonyl (C=S) groups is 1. The molecule has 2 N–H and O–H groups in total. The van der Waals surface area contributed by atoms with Crippen molar-refractivity contribution in [3.05, 3.63) is 86.7 Å². The number of ether oxygens (including phenoxy) is 1. The van der Waals surface area contributed by atoms with Crippen molar-refractivity contribution in [2.75, 3.05) is 11.9 Å². The molecule has 8 heteroatoms. The van der Waals surface area contributed by atoms with Crippen LogP contribution in [-0.2, 0) is 11.2 Å². The second-order valence-electron chi connectivity index (χ2n) is 8.60. The number of rotatable bonds is 6. The number of hydrogen-bond donors (Lipinski definition) is 2. The van der Waals surface area contributed by atoms with Crippen LogP contribution in [-0.4, -0.2) is 22.6 Å². The summed E-state index contributed by atoms with van der Waals surface area (Å²) >= 11 is 8.76. The Labute approximate surface area is 218 Å². The topological polar surface area (TPSA) is 76.4 Å². The monoisotopic (exact) mass is 551 g/mol. The van der Waals surface area contributed by atoms with Crippen molar-refractivity contribution in [3.63, 3.8) is 0 Å². The summed E-state index contributed by atoms with van der Waals surface area (Å²) < 4.78 is 12.5. The van der Waals surface area contributed by atoms with Crippen LogP contribution in [0.15, 0.2) is 57.4 Å². The van der Waals surface area contributed by atoms with Gasteiger partial charge in [-0.25, -0.2) is 4.98 Å². The fraction of sp³-hybridized carbons (Fsp3) is 0.222. The molecule has 4 aromatic rings. The molecule has 0 aliphatic carbocycles. The molecule has 0 aliphatic rings. The van der Waals surface area contributed by atoms with E-state index in [2.05, 4.69) is 44.5 Å². The van der Waals surface area contributed by atoms with Gasteiger partial charge in [0.1, 0.15) is 11.3 Å². The summed E-state index contributed by atoms with van der Waals surface area (Å²) in [5.41, 5.74) is 7.85. The number of nitrogens with one attached hydrogen (secondary N) is 2. The van der Waals surface area contributed by atoms with Gasteiger partial charge in [0.15, 0.2) is 23.2 Å². The SMILES string of the molecule is Cc1cc(C)c(OCC(=O)NC(=S)Nc2ccc(Cc3nc4cc(C)cc(C)c4o3)cc2)c(Br)c1. The van der Waals surface area contributed by atoms with Gasteiger partial charge in [0, 0.05) is 12.1 Å². The number of fused-ring (bicyclic) bond motifs is 1. The molecule has 0 fully saturated rings. The zero-order chi connectivity index (χ0) is 25.1. The van der Waals surface area contributed by atoms with Gasteiger partial charge in [-0.1, -0.05) is 24.3 Å². The van der Waals surface area contributed by atoms with Gasteiger partial charge in [0.05, 0.1) is 4.47 Å². The minimum absolute atomic E-state index is 0.146. The highest BCUT2D eigenvalue weighted by molar-refractivity contribution is 9.10. The molecule has 0 bridgehead atoms. The summed E-state index contributed by atoms with van der Waals surface area (Å²) in [5, 5.41) is 5.87. The molecule has 0 radical (unpaired) electrons. The fourth-order valence-electron chi connectivity index (χ4n) is 3.93. The Morgan fingerprint density at radius 2 is 1.71 bits per heavy atom. The highest BCUT2D eigenvalue weighted by atomic mass is 79.9. The highest BCUT2D eigenvalue weighted by Gasteiger charge is 2.12. The molecule has 1 heterocycles. The molecule has 4 rings (SSSR count). The van der Waals surface area contributed by atoms with Crippen molar-refractivity contribution >= 4 is 56.0 Å². The number of halogens is 1. The Hall–Kier alpha value is -3.23. The lowest BCUT2D eigenvalue weighted by Crippen LogP contribution is -2.37. The van der Waals surface area contributed by atoms with Crippen molar-refractivity contribution < 1.29 is 13.9 Å². The summed E-state index contributed by atoms with van der Waals surface area (Å²) in [5.74, 6) is 0.976. The van der Waals surface area contributed by atoms with Gasteiger partial charge in [0.2, 0.25) is 0 Å². The maximum atomic E-state index is 12.3. The summed E-state index contributed by atoms with van der Waals surface area (Å²) in [6.45, 7) is 7.87. The number of aromatic nitrogens is 1. The second kappa shape index (κ2) is 10.6. The molecule has 0 atom stereocenters. The van der Waals surface area contributed by atoms with E-state index in [1.165, 1.54) is 0 Å². The minimum atomic E-state index is -0.340. The molecule has 0 saturated heterocycles. The van der Waals surface area contributed by atoms with Crippen LogP contribution in [0, 0.1) is 27.7 Å². The Morgan fingerprint density at radius 1 is 1.03 bits per heavy atom. The molecular weight excluding hydrogens is 526 g/mol. The van der Waals surface area contributed by atoms with E-state index in [1.807, 2.05) is 63.2 Å². The predicted molar refractivity (Wildman–Crippen MR) is 146 cm³/mol. The first-order valence-electron chi connectivity index (χ1n) is 11.1. The van der Waals surface area contributed by atoms with Crippen LogP contribution in [0.5, 0.6) is 5.75 Å². The van der Waals surface area contributed by atoms with E-state index >= 15 is 0 Å². The molecule has 6 nitrogen and oxygen atoms in total.